The number of aromatic nitrogens is 4. The number of fused-ring (bicyclic) bond motifs is 2. The van der Waals surface area contributed by atoms with Gasteiger partial charge >= 0.3 is 23.3 Å². The van der Waals surface area contributed by atoms with Crippen LogP contribution in [0.3, 0.4) is 0 Å². The van der Waals surface area contributed by atoms with Crippen LogP contribution in [0, 0.1) is 23.7 Å². The first kappa shape index (κ1) is 116. The molecule has 8 fully saturated rings. The van der Waals surface area contributed by atoms with Crippen LogP contribution >= 0.6 is 81.4 Å². The molecular formula is C76H153ClN8O16P2S4. The molecule has 16 atom stereocenters. The van der Waals surface area contributed by atoms with Crippen molar-refractivity contribution in [1.82, 2.24) is 28.4 Å². The number of esters is 2. The Kier molecular flexibility index (Phi) is 57.3. The molecule has 0 aromatic carbocycles. The van der Waals surface area contributed by atoms with Crippen LogP contribution in [0.1, 0.15) is 309 Å². The minimum atomic E-state index is -1.16. The number of likely N-dealkylation sites (N-methyl/N-ethyl adjacent to an activating group) is 2. The van der Waals surface area contributed by atoms with Crippen molar-refractivity contribution in [3.63, 3.8) is 0 Å². The monoisotopic (exact) mass is 1660 g/mol. The van der Waals surface area contributed by atoms with Gasteiger partial charge in [0.1, 0.15) is 29.7 Å². The van der Waals surface area contributed by atoms with Crippen molar-refractivity contribution >= 4 is 117 Å². The number of rotatable bonds is 14. The standard InChI is InChI=1S/C22H35N4O5P.C14H21N3O4.C13H24O3.C9H18O.C8H15ClNOP.C4H8O2.6CH4.4H2S/c1-6-15-16(30-32-25(5)17-9-7-8-11-22(17,4)31-32)13-19(29-15)26-12-10-18(24-21(26)28)23-20(27)14(2)3;1-4-10-9(18)7-12(21-10)17-6-5-11(16-14(17)20)15-13(19)8(2)3;1-12(2,3)16-11(14)9-10-7-5-6-8-13(10,4)15;1-3-8-6-4-5-7-9(8,2)10;1-8-6-4-3-5-7(8)10(2)12(9)11-8;1-3-6-4(2)5;;;;;;;;;;/h10,12,14-17,19H,6-9,11,13H2,1-5H3,(H,23,24,27,28);5-6,8-10,12,18H,4,7H2,1-3H3,(H,15,16,19,20);10,15H,5-9H2,1-4H3;8,10H,3-7H2,1-2H3;7H,3-6H2,1-2H3;3H2,1-2H3;6*1H4;4*1H2/t15-,16?,17+,19-,22+,32?;9?,10-,12-;10-,13+;8-,9-;7-,8-,12?;;;;;;;;;;;/m11100.........../s1. The molecule has 107 heavy (non-hydrogen) atoms. The molecule has 2 aromatic heterocycles. The number of nitrogens with one attached hydrogen (secondary N) is 2. The highest BCUT2D eigenvalue weighted by Gasteiger charge is 2.54. The van der Waals surface area contributed by atoms with E-state index in [0.29, 0.717) is 50.3 Å². The quantitative estimate of drug-likeness (QED) is 0.0867. The van der Waals surface area contributed by atoms with E-state index in [9.17, 15) is 44.1 Å². The molecule has 2 amide bonds. The van der Waals surface area contributed by atoms with Crippen molar-refractivity contribution in [1.29, 1.82) is 0 Å². The van der Waals surface area contributed by atoms with Crippen molar-refractivity contribution in [3.8, 4) is 0 Å². The minimum absolute atomic E-state index is 0. The molecule has 31 heteroatoms. The van der Waals surface area contributed by atoms with Gasteiger partial charge in [-0.3, -0.25) is 28.3 Å². The molecule has 0 bridgehead atoms. The summed E-state index contributed by atoms with van der Waals surface area (Å²) in [6.45, 7) is 30.7. The molecule has 4 saturated heterocycles. The van der Waals surface area contributed by atoms with Crippen LogP contribution in [0.4, 0.5) is 11.6 Å². The Morgan fingerprint density at radius 2 is 1.04 bits per heavy atom. The minimum Gasteiger partial charge on any atom is -0.466 e. The Hall–Kier alpha value is -2.21. The maximum Gasteiger partial charge on any atom is 0.351 e. The van der Waals surface area contributed by atoms with Crippen molar-refractivity contribution in [2.75, 3.05) is 31.3 Å². The van der Waals surface area contributed by atoms with Crippen LogP contribution in [0.2, 0.25) is 0 Å². The fourth-order valence-electron chi connectivity index (χ4n) is 13.9. The van der Waals surface area contributed by atoms with E-state index in [1.54, 1.807) is 52.9 Å². The Morgan fingerprint density at radius 3 is 1.39 bits per heavy atom. The lowest BCUT2D eigenvalue weighted by molar-refractivity contribution is -0.159. The number of aliphatic hydroxyl groups excluding tert-OH is 1. The average Bonchev–Trinajstić information content (AvgIpc) is 1.63. The molecule has 4 unspecified atom stereocenters. The van der Waals surface area contributed by atoms with Crippen molar-refractivity contribution < 1.29 is 67.0 Å². The van der Waals surface area contributed by atoms with Crippen molar-refractivity contribution in [2.24, 2.45) is 23.7 Å². The summed E-state index contributed by atoms with van der Waals surface area (Å²) in [6, 6.07) is 4.14. The SMILES string of the molecule is C.C.C.C.C.C.CC(C)(C)OC(=O)C[C@H]1CCCC[C@]1(C)O.CCOC(C)=O.CC[C@H]1CCCC[C@]1(C)O.CC[C@H]1O[C@@H](n2ccc(NC(=O)C(C)C)nc2=O)CC1O.CC[C@H]1O[C@@H](n2ccc(NC(=O)C(C)C)nc2=O)CC1OP1O[C@@]2(C)CCCC[C@@H]2N1C.CN1[C@H]2CCCC[C@]2(C)OP1Cl.S.S.S.S. The van der Waals surface area contributed by atoms with Gasteiger partial charge in [0.05, 0.1) is 59.8 Å². The number of carbonyl (C=O) groups is 4. The lowest BCUT2D eigenvalue weighted by Gasteiger charge is -2.37. The van der Waals surface area contributed by atoms with Crippen molar-refractivity contribution in [3.05, 3.63) is 45.5 Å². The molecule has 6 heterocycles. The molecule has 24 nitrogen and oxygen atoms in total. The van der Waals surface area contributed by atoms with E-state index in [4.69, 9.17) is 39.0 Å². The lowest BCUT2D eigenvalue weighted by Crippen LogP contribution is -2.43. The van der Waals surface area contributed by atoms with E-state index in [2.05, 4.69) is 76.5 Å². The fraction of sp³-hybridized carbons (Fsp3) is 0.842. The van der Waals surface area contributed by atoms with E-state index < -0.39 is 57.3 Å². The fourth-order valence-corrected chi connectivity index (χ4v) is 17.9. The van der Waals surface area contributed by atoms with Gasteiger partial charge in [-0.1, -0.05) is 151 Å². The molecule has 8 aliphatic rings. The van der Waals surface area contributed by atoms with Gasteiger partial charge in [0.2, 0.25) is 19.5 Å². The summed E-state index contributed by atoms with van der Waals surface area (Å²) in [7, 11) is 2.20. The van der Waals surface area contributed by atoms with Gasteiger partial charge in [-0.05, 0) is 169 Å². The predicted octanol–water partition coefficient (Wildman–Crippen LogP) is 17.7. The normalized spacial score (nSPS) is 30.0. The summed E-state index contributed by atoms with van der Waals surface area (Å²) in [5.74, 6) is -0.0719. The summed E-state index contributed by atoms with van der Waals surface area (Å²) < 4.78 is 47.6. The van der Waals surface area contributed by atoms with E-state index in [1.165, 1.54) is 80.0 Å². The highest BCUT2D eigenvalue weighted by molar-refractivity contribution is 7.78. The average molecular weight is 1660 g/mol. The molecule has 4 saturated carbocycles. The lowest BCUT2D eigenvalue weighted by atomic mass is 9.75. The number of nitrogens with zero attached hydrogens (tertiary/aromatic N) is 6. The van der Waals surface area contributed by atoms with E-state index in [0.717, 1.165) is 57.8 Å². The first-order valence-corrected chi connectivity index (χ1v) is 39.0. The highest BCUT2D eigenvalue weighted by Crippen LogP contribution is 2.62. The first-order chi connectivity index (χ1) is 45.4. The first-order valence-electron chi connectivity index (χ1n) is 35.8. The van der Waals surface area contributed by atoms with Gasteiger partial charge in [0.25, 0.3) is 8.53 Å². The van der Waals surface area contributed by atoms with Crippen LogP contribution in [0.15, 0.2) is 34.1 Å². The molecule has 0 radical (unpaired) electrons. The second-order valence-electron chi connectivity index (χ2n) is 29.7. The molecular weight excluding hydrogens is 1510 g/mol. The zero-order chi connectivity index (χ0) is 72.4. The Morgan fingerprint density at radius 1 is 0.626 bits per heavy atom. The van der Waals surface area contributed by atoms with Crippen LogP contribution < -0.4 is 22.0 Å². The zero-order valence-corrected chi connectivity index (χ0v) is 70.2. The molecule has 4 aliphatic carbocycles. The Labute approximate surface area is 682 Å². The number of aliphatic hydroxyl groups is 3. The van der Waals surface area contributed by atoms with E-state index >= 15 is 0 Å². The van der Waals surface area contributed by atoms with Gasteiger partial charge in [-0.2, -0.15) is 64.0 Å². The Balaban J connectivity index is -0.000000300. The van der Waals surface area contributed by atoms with Crippen molar-refractivity contribution in [2.45, 2.75) is 374 Å². The number of carbonyl (C=O) groups excluding carboxylic acids is 4. The topological polar surface area (TPSA) is 294 Å². The number of halogens is 1. The summed E-state index contributed by atoms with van der Waals surface area (Å²) in [5.41, 5.74) is -2.53. The molecule has 0 spiro atoms. The summed E-state index contributed by atoms with van der Waals surface area (Å²) in [5, 5.41) is 35.1. The van der Waals surface area contributed by atoms with Crippen LogP contribution in [-0.2, 0) is 51.7 Å². The summed E-state index contributed by atoms with van der Waals surface area (Å²) in [4.78, 5) is 77.5. The molecule has 2 aromatic rings. The third-order valence-electron chi connectivity index (χ3n) is 19.8. The molecule has 4 aliphatic heterocycles. The van der Waals surface area contributed by atoms with Gasteiger partial charge in [-0.15, -0.1) is 0 Å². The second-order valence-corrected chi connectivity index (χ2v) is 33.3. The summed E-state index contributed by atoms with van der Waals surface area (Å²) in [6.07, 6.45) is 23.2. The van der Waals surface area contributed by atoms with Gasteiger partial charge in [0, 0.05) is 56.1 Å². The summed E-state index contributed by atoms with van der Waals surface area (Å²) >= 11 is 6.10. The third kappa shape index (κ3) is 34.8. The second kappa shape index (κ2) is 53.0. The zero-order valence-electron chi connectivity index (χ0n) is 63.6. The van der Waals surface area contributed by atoms with Crippen LogP contribution in [0.25, 0.3) is 0 Å². The van der Waals surface area contributed by atoms with E-state index in [-0.39, 0.29) is 187 Å². The third-order valence-corrected chi connectivity index (χ3v) is 23.9. The molecule has 5 N–H and O–H groups in total. The van der Waals surface area contributed by atoms with Gasteiger partial charge < -0.3 is 58.5 Å². The maximum absolute atomic E-state index is 12.6. The van der Waals surface area contributed by atoms with Gasteiger partial charge in [0.15, 0.2) is 0 Å². The molecule has 634 valence electrons. The predicted molar refractivity (Wildman–Crippen MR) is 461 cm³/mol. The maximum atomic E-state index is 12.6. The van der Waals surface area contributed by atoms with Crippen LogP contribution in [-0.4, -0.2) is 153 Å². The number of ether oxygens (including phenoxy) is 4. The van der Waals surface area contributed by atoms with Crippen LogP contribution in [0.5, 0.6) is 0 Å². The number of hydrogen-bond acceptors (Lipinski definition) is 20. The molecule has 10 rings (SSSR count). The largest absolute Gasteiger partial charge is 0.466 e. The smallest absolute Gasteiger partial charge is 0.351 e. The highest BCUT2D eigenvalue weighted by atomic mass is 35.7. The van der Waals surface area contributed by atoms with E-state index in [1.807, 2.05) is 41.5 Å². The Bertz CT molecular complexity index is 2960. The van der Waals surface area contributed by atoms with Gasteiger partial charge in [-0.25, -0.2) is 18.9 Å². The number of amides is 2. The number of hydrogen-bond donors (Lipinski definition) is 5. The number of anilines is 2.